The van der Waals surface area contributed by atoms with Gasteiger partial charge in [0.15, 0.2) is 0 Å². The van der Waals surface area contributed by atoms with Gasteiger partial charge in [0.2, 0.25) is 11.8 Å². The SMILES string of the molecule is CC(C)(C)CCC(=O)NCCOCC(C)(C)C(=O)NCC(C)(C)C. The third-order valence-electron chi connectivity index (χ3n) is 3.53. The second kappa shape index (κ2) is 9.40. The minimum Gasteiger partial charge on any atom is -0.379 e. The molecule has 0 bridgehead atoms. The lowest BCUT2D eigenvalue weighted by Gasteiger charge is -2.26. The van der Waals surface area contributed by atoms with Gasteiger partial charge in [-0.25, -0.2) is 0 Å². The standard InChI is InChI=1S/C19H38N2O3/c1-17(2,3)10-9-15(22)20-11-12-24-14-19(7,8)16(23)21-13-18(4,5)6/h9-14H2,1-8H3,(H,20,22)(H,21,23). The predicted octanol–water partition coefficient (Wildman–Crippen LogP) is 3.13. The fourth-order valence-electron chi connectivity index (χ4n) is 1.82. The molecule has 0 rings (SSSR count). The van der Waals surface area contributed by atoms with Crippen molar-refractivity contribution >= 4 is 11.8 Å². The van der Waals surface area contributed by atoms with Crippen molar-refractivity contribution in [2.45, 2.75) is 68.2 Å². The molecular weight excluding hydrogens is 304 g/mol. The van der Waals surface area contributed by atoms with Crippen molar-refractivity contribution in [2.24, 2.45) is 16.2 Å². The molecule has 24 heavy (non-hydrogen) atoms. The van der Waals surface area contributed by atoms with Crippen molar-refractivity contribution in [2.75, 3.05) is 26.3 Å². The quantitative estimate of drug-likeness (QED) is 0.633. The number of hydrogen-bond donors (Lipinski definition) is 2. The van der Waals surface area contributed by atoms with E-state index in [1.54, 1.807) is 0 Å². The van der Waals surface area contributed by atoms with E-state index in [1.807, 2.05) is 13.8 Å². The van der Waals surface area contributed by atoms with Gasteiger partial charge in [0.25, 0.3) is 0 Å². The van der Waals surface area contributed by atoms with E-state index in [0.29, 0.717) is 32.7 Å². The van der Waals surface area contributed by atoms with E-state index >= 15 is 0 Å². The average molecular weight is 343 g/mol. The highest BCUT2D eigenvalue weighted by atomic mass is 16.5. The molecule has 0 atom stereocenters. The summed E-state index contributed by atoms with van der Waals surface area (Å²) in [6, 6.07) is 0. The van der Waals surface area contributed by atoms with Crippen LogP contribution < -0.4 is 10.6 Å². The molecule has 5 nitrogen and oxygen atoms in total. The Hall–Kier alpha value is -1.10. The Balaban J connectivity index is 3.93. The van der Waals surface area contributed by atoms with Gasteiger partial charge in [0.05, 0.1) is 18.6 Å². The lowest BCUT2D eigenvalue weighted by atomic mass is 9.90. The van der Waals surface area contributed by atoms with Crippen molar-refractivity contribution < 1.29 is 14.3 Å². The van der Waals surface area contributed by atoms with E-state index in [9.17, 15) is 9.59 Å². The van der Waals surface area contributed by atoms with E-state index < -0.39 is 5.41 Å². The first kappa shape index (κ1) is 22.9. The van der Waals surface area contributed by atoms with Crippen LogP contribution in [0.3, 0.4) is 0 Å². The molecule has 0 aliphatic rings. The first-order valence-corrected chi connectivity index (χ1v) is 8.86. The van der Waals surface area contributed by atoms with Crippen LogP contribution in [0.2, 0.25) is 0 Å². The molecule has 0 aliphatic carbocycles. The van der Waals surface area contributed by atoms with Crippen molar-refractivity contribution in [1.29, 1.82) is 0 Å². The van der Waals surface area contributed by atoms with Gasteiger partial charge in [0.1, 0.15) is 0 Å². The van der Waals surface area contributed by atoms with Gasteiger partial charge in [-0.05, 0) is 31.1 Å². The Morgan fingerprint density at radius 1 is 0.875 bits per heavy atom. The molecule has 0 spiro atoms. The fourth-order valence-corrected chi connectivity index (χ4v) is 1.82. The van der Waals surface area contributed by atoms with Gasteiger partial charge in [-0.3, -0.25) is 9.59 Å². The third kappa shape index (κ3) is 12.3. The number of rotatable bonds is 9. The van der Waals surface area contributed by atoms with Crippen LogP contribution in [0.15, 0.2) is 0 Å². The molecule has 0 aromatic rings. The molecule has 0 aromatic heterocycles. The lowest BCUT2D eigenvalue weighted by Crippen LogP contribution is -2.43. The van der Waals surface area contributed by atoms with Crippen LogP contribution in [-0.4, -0.2) is 38.1 Å². The number of hydrogen-bond acceptors (Lipinski definition) is 3. The average Bonchev–Trinajstić information content (AvgIpc) is 2.40. The normalized spacial score (nSPS) is 12.8. The zero-order chi connectivity index (χ0) is 19.0. The number of ether oxygens (including phenoxy) is 1. The van der Waals surface area contributed by atoms with Crippen LogP contribution in [-0.2, 0) is 14.3 Å². The molecule has 0 saturated heterocycles. The maximum atomic E-state index is 12.2. The van der Waals surface area contributed by atoms with Gasteiger partial charge >= 0.3 is 0 Å². The smallest absolute Gasteiger partial charge is 0.228 e. The number of carbonyl (C=O) groups excluding carboxylic acids is 2. The number of carbonyl (C=O) groups is 2. The summed E-state index contributed by atoms with van der Waals surface area (Å²) in [5.41, 5.74) is -0.357. The summed E-state index contributed by atoms with van der Waals surface area (Å²) in [7, 11) is 0. The van der Waals surface area contributed by atoms with Crippen LogP contribution in [0.25, 0.3) is 0 Å². The Bertz CT molecular complexity index is 404. The summed E-state index contributed by atoms with van der Waals surface area (Å²) >= 11 is 0. The molecule has 2 amide bonds. The molecule has 0 unspecified atom stereocenters. The molecular formula is C19H38N2O3. The maximum Gasteiger partial charge on any atom is 0.228 e. The molecule has 0 radical (unpaired) electrons. The van der Waals surface area contributed by atoms with Gasteiger partial charge in [-0.1, -0.05) is 41.5 Å². The van der Waals surface area contributed by atoms with Crippen LogP contribution in [0.5, 0.6) is 0 Å². The molecule has 0 aromatic carbocycles. The molecule has 142 valence electrons. The monoisotopic (exact) mass is 342 g/mol. The largest absolute Gasteiger partial charge is 0.379 e. The zero-order valence-electron chi connectivity index (χ0n) is 17.0. The Morgan fingerprint density at radius 2 is 1.46 bits per heavy atom. The molecule has 0 aliphatic heterocycles. The number of nitrogens with one attached hydrogen (secondary N) is 2. The highest BCUT2D eigenvalue weighted by molar-refractivity contribution is 5.81. The molecule has 0 heterocycles. The first-order chi connectivity index (χ1) is 10.7. The first-order valence-electron chi connectivity index (χ1n) is 8.86. The summed E-state index contributed by atoms with van der Waals surface area (Å²) in [5.74, 6) is 0.0438. The van der Waals surface area contributed by atoms with Crippen LogP contribution >= 0.6 is 0 Å². The molecule has 5 heteroatoms. The summed E-state index contributed by atoms with van der Waals surface area (Å²) in [4.78, 5) is 23.9. The Kier molecular flexibility index (Phi) is 8.97. The predicted molar refractivity (Wildman–Crippen MR) is 98.8 cm³/mol. The van der Waals surface area contributed by atoms with Gasteiger partial charge in [0, 0.05) is 19.5 Å². The topological polar surface area (TPSA) is 67.4 Å². The van der Waals surface area contributed by atoms with Crippen molar-refractivity contribution in [1.82, 2.24) is 10.6 Å². The van der Waals surface area contributed by atoms with Crippen LogP contribution in [0, 0.1) is 16.2 Å². The van der Waals surface area contributed by atoms with E-state index in [0.717, 1.165) is 6.42 Å². The maximum absolute atomic E-state index is 12.2. The Morgan fingerprint density at radius 3 is 1.96 bits per heavy atom. The van der Waals surface area contributed by atoms with Crippen LogP contribution in [0.1, 0.15) is 68.2 Å². The van der Waals surface area contributed by atoms with Crippen molar-refractivity contribution in [3.05, 3.63) is 0 Å². The molecule has 2 N–H and O–H groups in total. The highest BCUT2D eigenvalue weighted by Crippen LogP contribution is 2.20. The van der Waals surface area contributed by atoms with Gasteiger partial charge in [-0.2, -0.15) is 0 Å². The highest BCUT2D eigenvalue weighted by Gasteiger charge is 2.28. The van der Waals surface area contributed by atoms with E-state index in [4.69, 9.17) is 4.74 Å². The zero-order valence-corrected chi connectivity index (χ0v) is 17.0. The van der Waals surface area contributed by atoms with Crippen LogP contribution in [0.4, 0.5) is 0 Å². The summed E-state index contributed by atoms with van der Waals surface area (Å²) in [5, 5.41) is 5.82. The second-order valence-corrected chi connectivity index (χ2v) is 9.59. The Labute approximate surface area is 148 Å². The van der Waals surface area contributed by atoms with E-state index in [2.05, 4.69) is 52.2 Å². The molecule has 0 fully saturated rings. The van der Waals surface area contributed by atoms with Gasteiger partial charge < -0.3 is 15.4 Å². The third-order valence-corrected chi connectivity index (χ3v) is 3.53. The second-order valence-electron chi connectivity index (χ2n) is 9.59. The summed E-state index contributed by atoms with van der Waals surface area (Å²) < 4.78 is 5.57. The van der Waals surface area contributed by atoms with Gasteiger partial charge in [-0.15, -0.1) is 0 Å². The van der Waals surface area contributed by atoms with Crippen molar-refractivity contribution in [3.63, 3.8) is 0 Å². The minimum atomic E-state index is -0.582. The van der Waals surface area contributed by atoms with E-state index in [1.165, 1.54) is 0 Å². The van der Waals surface area contributed by atoms with Crippen molar-refractivity contribution in [3.8, 4) is 0 Å². The van der Waals surface area contributed by atoms with E-state index in [-0.39, 0.29) is 22.6 Å². The fraction of sp³-hybridized carbons (Fsp3) is 0.895. The lowest BCUT2D eigenvalue weighted by molar-refractivity contribution is -0.133. The molecule has 0 saturated carbocycles. The minimum absolute atomic E-state index is 0.00774. The number of amides is 2. The summed E-state index contributed by atoms with van der Waals surface area (Å²) in [6.07, 6.45) is 1.39. The summed E-state index contributed by atoms with van der Waals surface area (Å²) in [6.45, 7) is 18.2.